The van der Waals surface area contributed by atoms with Crippen LogP contribution >= 0.6 is 15.9 Å². The summed E-state index contributed by atoms with van der Waals surface area (Å²) in [5.41, 5.74) is 1.76. The molecule has 1 aromatic carbocycles. The van der Waals surface area contributed by atoms with Crippen molar-refractivity contribution in [2.24, 2.45) is 5.92 Å². The number of halogens is 1. The molecule has 0 atom stereocenters. The van der Waals surface area contributed by atoms with Crippen LogP contribution in [0.2, 0.25) is 0 Å². The van der Waals surface area contributed by atoms with Gasteiger partial charge in [0.15, 0.2) is 0 Å². The van der Waals surface area contributed by atoms with Crippen molar-refractivity contribution in [1.82, 2.24) is 4.57 Å². The maximum Gasteiger partial charge on any atom is 0.340 e. The Kier molecular flexibility index (Phi) is 3.35. The van der Waals surface area contributed by atoms with E-state index in [-0.39, 0.29) is 5.97 Å². The van der Waals surface area contributed by atoms with Gasteiger partial charge < -0.3 is 9.30 Å². The van der Waals surface area contributed by atoms with Crippen molar-refractivity contribution < 1.29 is 9.53 Å². The van der Waals surface area contributed by atoms with Gasteiger partial charge in [-0.1, -0.05) is 22.4 Å². The van der Waals surface area contributed by atoms with Crippen LogP contribution in [-0.4, -0.2) is 17.6 Å². The number of fused-ring (bicyclic) bond motifs is 1. The molecule has 3 rings (SSSR count). The van der Waals surface area contributed by atoms with Gasteiger partial charge in [-0.3, -0.25) is 0 Å². The summed E-state index contributed by atoms with van der Waals surface area (Å²) in [6.07, 6.45) is 5.86. The van der Waals surface area contributed by atoms with Crippen LogP contribution in [0.25, 0.3) is 10.9 Å². The highest BCUT2D eigenvalue weighted by Crippen LogP contribution is 2.31. The number of carbonyl (C=O) groups excluding carboxylic acids is 1. The summed E-state index contributed by atoms with van der Waals surface area (Å²) in [6.45, 7) is 0.995. The molecule has 1 saturated carbocycles. The number of carbonyl (C=O) groups is 1. The fourth-order valence-corrected chi connectivity index (χ4v) is 3.01. The minimum atomic E-state index is -0.268. The lowest BCUT2D eigenvalue weighted by molar-refractivity contribution is 0.0602. The lowest BCUT2D eigenvalue weighted by Gasteiger charge is -2.26. The summed E-state index contributed by atoms with van der Waals surface area (Å²) < 4.78 is 8.05. The Balaban J connectivity index is 2.08. The zero-order valence-electron chi connectivity index (χ0n) is 10.9. The van der Waals surface area contributed by atoms with E-state index in [0.29, 0.717) is 5.56 Å². The van der Waals surface area contributed by atoms with Crippen LogP contribution in [0.1, 0.15) is 29.6 Å². The van der Waals surface area contributed by atoms with E-state index >= 15 is 0 Å². The Morgan fingerprint density at radius 1 is 1.47 bits per heavy atom. The molecule has 0 bridgehead atoms. The van der Waals surface area contributed by atoms with Gasteiger partial charge in [-0.25, -0.2) is 4.79 Å². The van der Waals surface area contributed by atoms with Crippen LogP contribution in [0.5, 0.6) is 0 Å². The van der Waals surface area contributed by atoms with Gasteiger partial charge in [-0.2, -0.15) is 0 Å². The van der Waals surface area contributed by atoms with Gasteiger partial charge in [0.2, 0.25) is 0 Å². The van der Waals surface area contributed by atoms with Crippen LogP contribution < -0.4 is 0 Å². The Labute approximate surface area is 120 Å². The van der Waals surface area contributed by atoms with Gasteiger partial charge in [0, 0.05) is 28.1 Å². The van der Waals surface area contributed by atoms with Crippen LogP contribution in [0.3, 0.4) is 0 Å². The highest BCUT2D eigenvalue weighted by atomic mass is 79.9. The minimum absolute atomic E-state index is 0.268. The molecule has 3 nitrogen and oxygen atoms in total. The Bertz CT molecular complexity index is 628. The standard InChI is InChI=1S/C15H16BrNO2/c1-19-15(18)13-9-17(8-10-3-2-4-10)14-6-5-11(16)7-12(13)14/h5-7,9-10H,2-4,8H2,1H3. The predicted molar refractivity (Wildman–Crippen MR) is 78.3 cm³/mol. The molecule has 0 N–H and O–H groups in total. The molecule has 0 radical (unpaired) electrons. The van der Waals surface area contributed by atoms with E-state index in [0.717, 1.165) is 27.8 Å². The van der Waals surface area contributed by atoms with E-state index in [1.807, 2.05) is 18.3 Å². The average Bonchev–Trinajstić information content (AvgIpc) is 2.71. The van der Waals surface area contributed by atoms with Crippen molar-refractivity contribution in [3.8, 4) is 0 Å². The first kappa shape index (κ1) is 12.7. The van der Waals surface area contributed by atoms with Crippen molar-refractivity contribution in [1.29, 1.82) is 0 Å². The quantitative estimate of drug-likeness (QED) is 0.800. The normalized spacial score (nSPS) is 15.5. The predicted octanol–water partition coefficient (Wildman–Crippen LogP) is 3.99. The molecule has 2 aromatic rings. The fourth-order valence-electron chi connectivity index (χ4n) is 2.65. The monoisotopic (exact) mass is 321 g/mol. The lowest BCUT2D eigenvalue weighted by Crippen LogP contribution is -2.17. The van der Waals surface area contributed by atoms with Crippen molar-refractivity contribution in [3.63, 3.8) is 0 Å². The van der Waals surface area contributed by atoms with Crippen molar-refractivity contribution in [3.05, 3.63) is 34.4 Å². The third-order valence-corrected chi connectivity index (χ3v) is 4.42. The molecule has 4 heteroatoms. The SMILES string of the molecule is COC(=O)c1cn(CC2CCC2)c2ccc(Br)cc12. The Hall–Kier alpha value is -1.29. The molecule has 19 heavy (non-hydrogen) atoms. The van der Waals surface area contributed by atoms with E-state index in [4.69, 9.17) is 4.74 Å². The second kappa shape index (κ2) is 5.00. The van der Waals surface area contributed by atoms with Crippen LogP contribution in [0.15, 0.2) is 28.9 Å². The summed E-state index contributed by atoms with van der Waals surface area (Å²) in [5.74, 6) is 0.486. The number of hydrogen-bond donors (Lipinski definition) is 0. The van der Waals surface area contributed by atoms with Gasteiger partial charge in [0.1, 0.15) is 0 Å². The summed E-state index contributed by atoms with van der Waals surface area (Å²) in [7, 11) is 1.43. The second-order valence-corrected chi connectivity index (χ2v) is 6.06. The first-order chi connectivity index (χ1) is 9.19. The van der Waals surface area contributed by atoms with E-state index < -0.39 is 0 Å². The van der Waals surface area contributed by atoms with E-state index in [1.165, 1.54) is 26.4 Å². The minimum Gasteiger partial charge on any atom is -0.465 e. The van der Waals surface area contributed by atoms with Crippen molar-refractivity contribution in [2.75, 3.05) is 7.11 Å². The number of esters is 1. The maximum absolute atomic E-state index is 11.9. The molecular formula is C15H16BrNO2. The van der Waals surface area contributed by atoms with Crippen LogP contribution in [0, 0.1) is 5.92 Å². The molecule has 1 aromatic heterocycles. The largest absolute Gasteiger partial charge is 0.465 e. The first-order valence-corrected chi connectivity index (χ1v) is 7.35. The Morgan fingerprint density at radius 3 is 2.89 bits per heavy atom. The van der Waals surface area contributed by atoms with Gasteiger partial charge in [0.25, 0.3) is 0 Å². The smallest absolute Gasteiger partial charge is 0.340 e. The molecule has 0 amide bonds. The van der Waals surface area contributed by atoms with Crippen molar-refractivity contribution >= 4 is 32.8 Å². The summed E-state index contributed by atoms with van der Waals surface area (Å²) >= 11 is 3.46. The van der Waals surface area contributed by atoms with Crippen molar-refractivity contribution in [2.45, 2.75) is 25.8 Å². The average molecular weight is 322 g/mol. The molecule has 0 spiro atoms. The number of methoxy groups -OCH3 is 1. The van der Waals surface area contributed by atoms with Crippen LogP contribution in [-0.2, 0) is 11.3 Å². The highest BCUT2D eigenvalue weighted by molar-refractivity contribution is 9.10. The number of hydrogen-bond acceptors (Lipinski definition) is 2. The lowest BCUT2D eigenvalue weighted by atomic mass is 9.85. The molecular weight excluding hydrogens is 306 g/mol. The van der Waals surface area contributed by atoms with Gasteiger partial charge in [-0.15, -0.1) is 0 Å². The number of benzene rings is 1. The Morgan fingerprint density at radius 2 is 2.26 bits per heavy atom. The molecule has 1 aliphatic rings. The number of rotatable bonds is 3. The second-order valence-electron chi connectivity index (χ2n) is 5.15. The molecule has 0 aliphatic heterocycles. The molecule has 1 heterocycles. The molecule has 1 fully saturated rings. The van der Waals surface area contributed by atoms with Gasteiger partial charge >= 0.3 is 5.97 Å². The topological polar surface area (TPSA) is 31.2 Å². The molecule has 100 valence electrons. The van der Waals surface area contributed by atoms with Crippen LogP contribution in [0.4, 0.5) is 0 Å². The van der Waals surface area contributed by atoms with Gasteiger partial charge in [-0.05, 0) is 37.0 Å². The fraction of sp³-hybridized carbons (Fsp3) is 0.400. The zero-order valence-corrected chi connectivity index (χ0v) is 12.4. The third kappa shape index (κ3) is 2.29. The molecule has 1 aliphatic carbocycles. The zero-order chi connectivity index (χ0) is 13.4. The molecule has 0 unspecified atom stereocenters. The third-order valence-electron chi connectivity index (χ3n) is 3.93. The summed E-state index contributed by atoms with van der Waals surface area (Å²) in [5, 5.41) is 0.959. The first-order valence-electron chi connectivity index (χ1n) is 6.55. The maximum atomic E-state index is 11.9. The number of nitrogens with zero attached hydrogens (tertiary/aromatic N) is 1. The highest BCUT2D eigenvalue weighted by Gasteiger charge is 2.21. The van der Waals surface area contributed by atoms with E-state index in [2.05, 4.69) is 26.6 Å². The summed E-state index contributed by atoms with van der Waals surface area (Å²) in [4.78, 5) is 11.9. The van der Waals surface area contributed by atoms with E-state index in [9.17, 15) is 4.79 Å². The summed E-state index contributed by atoms with van der Waals surface area (Å²) in [6, 6.07) is 6.06. The molecule has 0 saturated heterocycles. The number of aromatic nitrogens is 1. The van der Waals surface area contributed by atoms with Gasteiger partial charge in [0.05, 0.1) is 12.7 Å². The number of ether oxygens (including phenoxy) is 1. The van der Waals surface area contributed by atoms with E-state index in [1.54, 1.807) is 0 Å².